The third kappa shape index (κ3) is 7.03. The molecule has 6 rings (SSSR count). The van der Waals surface area contributed by atoms with Crippen LogP contribution >= 0.6 is 18.1 Å². The molecule has 0 amide bonds. The number of nitrogens with zero attached hydrogens (tertiary/aromatic N) is 4. The molecule has 12 heteroatoms. The highest BCUT2D eigenvalue weighted by molar-refractivity contribution is 7.83. The lowest BCUT2D eigenvalue weighted by Gasteiger charge is -2.50. The van der Waals surface area contributed by atoms with Crippen LogP contribution in [-0.4, -0.2) is 82.0 Å². The highest BCUT2D eigenvalue weighted by Gasteiger charge is 2.47. The van der Waals surface area contributed by atoms with Crippen LogP contribution in [0.25, 0.3) is 0 Å². The first-order valence-electron chi connectivity index (χ1n) is 16.4. The van der Waals surface area contributed by atoms with E-state index < -0.39 is 36.0 Å². The Labute approximate surface area is 286 Å². The van der Waals surface area contributed by atoms with Crippen LogP contribution in [0.3, 0.4) is 0 Å². The fourth-order valence-corrected chi connectivity index (χ4v) is 8.74. The van der Waals surface area contributed by atoms with Crippen LogP contribution in [0.2, 0.25) is 0 Å². The van der Waals surface area contributed by atoms with Gasteiger partial charge in [-0.3, -0.25) is 28.7 Å². The number of hydrogen-bond acceptors (Lipinski definition) is 7. The van der Waals surface area contributed by atoms with Crippen molar-refractivity contribution in [2.24, 2.45) is 0 Å². The summed E-state index contributed by atoms with van der Waals surface area (Å²) >= 11 is 6.67. The fourth-order valence-electron chi connectivity index (χ4n) is 6.95. The highest BCUT2D eigenvalue weighted by atomic mass is 35.7. The summed E-state index contributed by atoms with van der Waals surface area (Å²) in [5, 5.41) is 0. The highest BCUT2D eigenvalue weighted by Crippen LogP contribution is 2.56. The lowest BCUT2D eigenvalue weighted by Crippen LogP contribution is -2.58. The van der Waals surface area contributed by atoms with E-state index in [9.17, 15) is 14.2 Å². The van der Waals surface area contributed by atoms with Crippen LogP contribution < -0.4 is 11.2 Å². The minimum atomic E-state index is -3.68. The summed E-state index contributed by atoms with van der Waals surface area (Å²) in [6.07, 6.45) is 0.0843. The monoisotopic (exact) mass is 691 g/mol. The molecule has 3 unspecified atom stereocenters. The van der Waals surface area contributed by atoms with E-state index in [0.29, 0.717) is 31.2 Å². The smallest absolute Gasteiger partial charge is 0.350 e. The molecule has 2 aliphatic heterocycles. The second kappa shape index (κ2) is 14.6. The number of benzene rings is 3. The average molecular weight is 692 g/mol. The number of rotatable bonds is 10. The van der Waals surface area contributed by atoms with Gasteiger partial charge in [0.1, 0.15) is 0 Å². The zero-order valence-corrected chi connectivity index (χ0v) is 29.2. The van der Waals surface area contributed by atoms with Crippen molar-refractivity contribution in [2.75, 3.05) is 45.9 Å². The maximum Gasteiger partial charge on any atom is 0.363 e. The first kappa shape index (κ1) is 34.5. The number of ether oxygens (including phenoxy) is 1. The molecule has 2 aliphatic rings. The van der Waals surface area contributed by atoms with Crippen LogP contribution in [-0.2, 0) is 19.4 Å². The molecule has 1 aromatic heterocycles. The van der Waals surface area contributed by atoms with E-state index in [-0.39, 0.29) is 13.2 Å². The third-order valence-electron chi connectivity index (χ3n) is 9.43. The molecule has 0 spiro atoms. The van der Waals surface area contributed by atoms with Gasteiger partial charge in [-0.05, 0) is 48.7 Å². The molecule has 0 radical (unpaired) electrons. The van der Waals surface area contributed by atoms with Crippen LogP contribution in [0.15, 0.2) is 107 Å². The summed E-state index contributed by atoms with van der Waals surface area (Å²) in [6, 6.07) is 31.1. The zero-order chi connectivity index (χ0) is 33.9. The van der Waals surface area contributed by atoms with Gasteiger partial charge in [0, 0.05) is 57.1 Å². The van der Waals surface area contributed by atoms with Crippen LogP contribution in [0, 0.1) is 6.92 Å². The molecule has 48 heavy (non-hydrogen) atoms. The van der Waals surface area contributed by atoms with Crippen molar-refractivity contribution in [3.05, 3.63) is 140 Å². The van der Waals surface area contributed by atoms with Crippen molar-refractivity contribution in [3.63, 3.8) is 0 Å². The standard InChI is InChI=1S/C36H43ClN5O5P/c1-27(2)39-19-21-41(22-20-39)48(37,45)46-26-32-24-40(25-33(47-32)42-23-28(3)34(43)38-35(42)44)36(29-13-7-4-8-14-29,30-15-9-5-10-16-30)31-17-11-6-12-18-31/h4-18,23,27,32-33H,19-22,24-26H2,1-3H3,(H,38,43,44). The van der Waals surface area contributed by atoms with Gasteiger partial charge in [-0.15, -0.1) is 0 Å². The number of aromatic nitrogens is 2. The summed E-state index contributed by atoms with van der Waals surface area (Å²) in [7, 11) is 0. The summed E-state index contributed by atoms with van der Waals surface area (Å²) in [5.41, 5.74) is 1.62. The summed E-state index contributed by atoms with van der Waals surface area (Å²) < 4.78 is 29.6. The number of aromatic amines is 1. The predicted octanol–water partition coefficient (Wildman–Crippen LogP) is 5.43. The number of nitrogens with one attached hydrogen (secondary N) is 1. The second-order valence-electron chi connectivity index (χ2n) is 12.7. The quantitative estimate of drug-likeness (QED) is 0.174. The molecule has 3 heterocycles. The number of halogens is 1. The van der Waals surface area contributed by atoms with E-state index >= 15 is 0 Å². The molecule has 0 aliphatic carbocycles. The summed E-state index contributed by atoms with van der Waals surface area (Å²) in [6.45, 7) is 5.41. The molecule has 254 valence electrons. The SMILES string of the molecule is Cc1cn(C2CN(C(c3ccccc3)(c3ccccc3)c3ccccc3)CC(COP(=O)(Cl)N3CCN(C(C)C)CC3)O2)c(=O)[nH]c1=O. The largest absolute Gasteiger partial charge is 0.363 e. The summed E-state index contributed by atoms with van der Waals surface area (Å²) in [4.78, 5) is 32.6. The van der Waals surface area contributed by atoms with E-state index in [2.05, 4.69) is 65.0 Å². The third-order valence-corrected chi connectivity index (χ3v) is 11.9. The Morgan fingerprint density at radius 3 is 1.90 bits per heavy atom. The molecule has 1 N–H and O–H groups in total. The Balaban J connectivity index is 1.42. The molecule has 3 atom stereocenters. The summed E-state index contributed by atoms with van der Waals surface area (Å²) in [5.74, 6) is 0. The molecule has 4 aromatic rings. The Kier molecular flexibility index (Phi) is 10.5. The van der Waals surface area contributed by atoms with Gasteiger partial charge in [-0.1, -0.05) is 91.0 Å². The van der Waals surface area contributed by atoms with Crippen LogP contribution in [0.5, 0.6) is 0 Å². The molecule has 0 saturated carbocycles. The lowest BCUT2D eigenvalue weighted by atomic mass is 9.75. The predicted molar refractivity (Wildman–Crippen MR) is 188 cm³/mol. The Hall–Kier alpha value is -3.34. The van der Waals surface area contributed by atoms with E-state index in [1.165, 1.54) is 10.8 Å². The maximum absolute atomic E-state index is 13.8. The van der Waals surface area contributed by atoms with Crippen LogP contribution in [0.1, 0.15) is 42.3 Å². The van der Waals surface area contributed by atoms with Crippen molar-refractivity contribution in [1.29, 1.82) is 0 Å². The van der Waals surface area contributed by atoms with Gasteiger partial charge in [0.15, 0.2) is 6.23 Å². The van der Waals surface area contributed by atoms with Gasteiger partial charge in [-0.25, -0.2) is 9.46 Å². The van der Waals surface area contributed by atoms with E-state index in [0.717, 1.165) is 29.8 Å². The first-order valence-corrected chi connectivity index (χ1v) is 18.9. The number of H-pyrrole nitrogens is 1. The normalized spacial score (nSPS) is 21.3. The Bertz CT molecular complexity index is 1730. The second-order valence-corrected chi connectivity index (χ2v) is 15.7. The van der Waals surface area contributed by atoms with Crippen molar-refractivity contribution >= 4 is 18.1 Å². The van der Waals surface area contributed by atoms with Crippen LogP contribution in [0.4, 0.5) is 0 Å². The minimum absolute atomic E-state index is 0.0658. The first-order chi connectivity index (χ1) is 23.1. The van der Waals surface area contributed by atoms with Gasteiger partial charge in [-0.2, -0.15) is 0 Å². The van der Waals surface area contributed by atoms with Crippen molar-refractivity contribution in [3.8, 4) is 0 Å². The molecular formula is C36H43ClN5O5P. The van der Waals surface area contributed by atoms with Gasteiger partial charge < -0.3 is 9.26 Å². The van der Waals surface area contributed by atoms with E-state index in [1.54, 1.807) is 11.6 Å². The lowest BCUT2D eigenvalue weighted by molar-refractivity contribution is -0.148. The molecular weight excluding hydrogens is 649 g/mol. The van der Waals surface area contributed by atoms with E-state index in [4.69, 9.17) is 20.5 Å². The molecule has 10 nitrogen and oxygen atoms in total. The molecule has 0 bridgehead atoms. The fraction of sp³-hybridized carbons (Fsp3) is 0.389. The van der Waals surface area contributed by atoms with Gasteiger partial charge in [0.2, 0.25) is 0 Å². The number of aryl methyl sites for hydroxylation is 1. The average Bonchev–Trinajstić information content (AvgIpc) is 3.11. The topological polar surface area (TPSA) is 100 Å². The number of morpholine rings is 1. The van der Waals surface area contributed by atoms with Gasteiger partial charge >= 0.3 is 12.6 Å². The number of hydrogen-bond donors (Lipinski definition) is 1. The van der Waals surface area contributed by atoms with Gasteiger partial charge in [0.05, 0.1) is 18.2 Å². The Morgan fingerprint density at radius 1 is 0.875 bits per heavy atom. The van der Waals surface area contributed by atoms with Crippen molar-refractivity contribution < 1.29 is 13.8 Å². The van der Waals surface area contributed by atoms with Crippen molar-refractivity contribution in [1.82, 2.24) is 24.0 Å². The van der Waals surface area contributed by atoms with E-state index in [1.807, 2.05) is 54.6 Å². The molecule has 3 aromatic carbocycles. The van der Waals surface area contributed by atoms with Gasteiger partial charge in [0.25, 0.3) is 5.56 Å². The molecule has 2 saturated heterocycles. The number of piperazine rings is 1. The molecule has 2 fully saturated rings. The minimum Gasteiger partial charge on any atom is -0.350 e. The zero-order valence-electron chi connectivity index (χ0n) is 27.6. The Morgan fingerprint density at radius 2 is 1.40 bits per heavy atom. The maximum atomic E-state index is 13.8. The van der Waals surface area contributed by atoms with Crippen molar-refractivity contribution in [2.45, 2.75) is 44.7 Å².